The molecule has 0 atom stereocenters. The first-order valence-electron chi connectivity index (χ1n) is 7.34. The Balaban J connectivity index is 1.93. The Bertz CT molecular complexity index is 792. The van der Waals surface area contributed by atoms with Gasteiger partial charge in [0.25, 0.3) is 5.91 Å². The molecular formula is C17H17Cl2N3O3. The van der Waals surface area contributed by atoms with Crippen LogP contribution in [0.2, 0.25) is 10.0 Å². The lowest BCUT2D eigenvalue weighted by molar-refractivity contribution is -0.119. The predicted octanol–water partition coefficient (Wildman–Crippen LogP) is 3.56. The Labute approximate surface area is 155 Å². The van der Waals surface area contributed by atoms with E-state index < -0.39 is 18.5 Å². The second-order valence-corrected chi connectivity index (χ2v) is 6.24. The van der Waals surface area contributed by atoms with Crippen molar-refractivity contribution in [3.63, 3.8) is 0 Å². The lowest BCUT2D eigenvalue weighted by Gasteiger charge is -2.12. The number of halogens is 2. The predicted molar refractivity (Wildman–Crippen MR) is 98.7 cm³/mol. The molecule has 0 bridgehead atoms. The van der Waals surface area contributed by atoms with E-state index in [1.807, 2.05) is 19.0 Å². The molecular weight excluding hydrogens is 365 g/mol. The van der Waals surface area contributed by atoms with Gasteiger partial charge in [-0.3, -0.25) is 4.79 Å². The molecule has 1 N–H and O–H groups in total. The number of rotatable bonds is 5. The van der Waals surface area contributed by atoms with Crippen molar-refractivity contribution in [3.05, 3.63) is 51.6 Å². The molecule has 1 aromatic heterocycles. The fourth-order valence-corrected chi connectivity index (χ4v) is 2.31. The van der Waals surface area contributed by atoms with Crippen LogP contribution >= 0.6 is 23.2 Å². The fourth-order valence-electron chi connectivity index (χ4n) is 1.92. The van der Waals surface area contributed by atoms with Crippen LogP contribution in [0.3, 0.4) is 0 Å². The number of carbonyl (C=O) groups excluding carboxylic acids is 2. The standard InChI is InChI=1S/C17H17Cl2N3O3/c1-10-13(18)8-20-16(15(10)19)21-14(23)9-25-17(24)11-4-6-12(7-5-11)22(2)3/h4-8H,9H2,1-3H3,(H,20,21,23). The molecule has 0 aliphatic heterocycles. The molecule has 1 aromatic carbocycles. The molecule has 25 heavy (non-hydrogen) atoms. The highest BCUT2D eigenvalue weighted by Gasteiger charge is 2.14. The van der Waals surface area contributed by atoms with E-state index in [4.69, 9.17) is 27.9 Å². The van der Waals surface area contributed by atoms with Gasteiger partial charge in [-0.2, -0.15) is 0 Å². The summed E-state index contributed by atoms with van der Waals surface area (Å²) in [6, 6.07) is 6.85. The lowest BCUT2D eigenvalue weighted by atomic mass is 10.2. The largest absolute Gasteiger partial charge is 0.452 e. The van der Waals surface area contributed by atoms with Gasteiger partial charge in [0.15, 0.2) is 12.4 Å². The molecule has 132 valence electrons. The number of amides is 1. The van der Waals surface area contributed by atoms with Crippen molar-refractivity contribution >= 4 is 46.6 Å². The van der Waals surface area contributed by atoms with Crippen molar-refractivity contribution in [1.29, 1.82) is 0 Å². The van der Waals surface area contributed by atoms with E-state index in [0.717, 1.165) is 5.69 Å². The van der Waals surface area contributed by atoms with Crippen molar-refractivity contribution in [2.24, 2.45) is 0 Å². The minimum Gasteiger partial charge on any atom is -0.452 e. The van der Waals surface area contributed by atoms with Crippen molar-refractivity contribution in [2.45, 2.75) is 6.92 Å². The summed E-state index contributed by atoms with van der Waals surface area (Å²) in [6.07, 6.45) is 1.39. The number of anilines is 2. The third-order valence-electron chi connectivity index (χ3n) is 3.41. The number of hydrogen-bond donors (Lipinski definition) is 1. The molecule has 0 spiro atoms. The van der Waals surface area contributed by atoms with Gasteiger partial charge in [0.1, 0.15) is 0 Å². The normalized spacial score (nSPS) is 10.3. The molecule has 2 rings (SSSR count). The first-order valence-corrected chi connectivity index (χ1v) is 8.10. The maximum absolute atomic E-state index is 12.0. The van der Waals surface area contributed by atoms with Gasteiger partial charge in [-0.1, -0.05) is 23.2 Å². The molecule has 0 saturated carbocycles. The minimum atomic E-state index is -0.591. The average molecular weight is 382 g/mol. The maximum atomic E-state index is 12.0. The zero-order chi connectivity index (χ0) is 18.6. The van der Waals surface area contributed by atoms with Crippen molar-refractivity contribution in [2.75, 3.05) is 30.9 Å². The van der Waals surface area contributed by atoms with Gasteiger partial charge in [-0.05, 0) is 36.8 Å². The molecule has 0 aliphatic rings. The van der Waals surface area contributed by atoms with Crippen LogP contribution in [-0.2, 0) is 9.53 Å². The molecule has 1 heterocycles. The third kappa shape index (κ3) is 4.84. The van der Waals surface area contributed by atoms with E-state index in [-0.39, 0.29) is 10.8 Å². The van der Waals surface area contributed by atoms with Crippen molar-refractivity contribution in [3.8, 4) is 0 Å². The monoisotopic (exact) mass is 381 g/mol. The number of ether oxygens (including phenoxy) is 1. The highest BCUT2D eigenvalue weighted by molar-refractivity contribution is 6.37. The number of nitrogens with zero attached hydrogens (tertiary/aromatic N) is 2. The Morgan fingerprint density at radius 3 is 2.44 bits per heavy atom. The van der Waals surface area contributed by atoms with Gasteiger partial charge < -0.3 is 15.0 Å². The zero-order valence-electron chi connectivity index (χ0n) is 14.0. The van der Waals surface area contributed by atoms with E-state index in [1.54, 1.807) is 31.2 Å². The van der Waals surface area contributed by atoms with Gasteiger partial charge in [0.2, 0.25) is 0 Å². The van der Waals surface area contributed by atoms with Gasteiger partial charge in [-0.15, -0.1) is 0 Å². The van der Waals surface area contributed by atoms with E-state index in [1.165, 1.54) is 6.20 Å². The van der Waals surface area contributed by atoms with E-state index in [9.17, 15) is 9.59 Å². The highest BCUT2D eigenvalue weighted by atomic mass is 35.5. The second kappa shape index (κ2) is 8.18. The van der Waals surface area contributed by atoms with Crippen LogP contribution in [0, 0.1) is 6.92 Å². The topological polar surface area (TPSA) is 71.5 Å². The lowest BCUT2D eigenvalue weighted by Crippen LogP contribution is -2.21. The number of nitrogens with one attached hydrogen (secondary N) is 1. The molecule has 0 radical (unpaired) electrons. The van der Waals surface area contributed by atoms with Crippen LogP contribution in [0.4, 0.5) is 11.5 Å². The Hall–Kier alpha value is -2.31. The number of benzene rings is 1. The summed E-state index contributed by atoms with van der Waals surface area (Å²) in [5, 5.41) is 3.13. The second-order valence-electron chi connectivity index (χ2n) is 5.46. The highest BCUT2D eigenvalue weighted by Crippen LogP contribution is 2.28. The Morgan fingerprint density at radius 2 is 1.84 bits per heavy atom. The summed E-state index contributed by atoms with van der Waals surface area (Å²) < 4.78 is 4.99. The number of pyridine rings is 1. The van der Waals surface area contributed by atoms with E-state index in [0.29, 0.717) is 16.1 Å². The summed E-state index contributed by atoms with van der Waals surface area (Å²) in [6.45, 7) is 1.26. The molecule has 0 saturated heterocycles. The van der Waals surface area contributed by atoms with Crippen LogP contribution in [0.5, 0.6) is 0 Å². The van der Waals surface area contributed by atoms with E-state index >= 15 is 0 Å². The van der Waals surface area contributed by atoms with Crippen LogP contribution in [0.25, 0.3) is 0 Å². The quantitative estimate of drug-likeness (QED) is 0.801. The fraction of sp³-hybridized carbons (Fsp3) is 0.235. The number of hydrogen-bond acceptors (Lipinski definition) is 5. The van der Waals surface area contributed by atoms with Crippen LogP contribution in [-0.4, -0.2) is 37.6 Å². The summed E-state index contributed by atoms with van der Waals surface area (Å²) in [4.78, 5) is 29.7. The smallest absolute Gasteiger partial charge is 0.338 e. The van der Waals surface area contributed by atoms with Gasteiger partial charge >= 0.3 is 5.97 Å². The van der Waals surface area contributed by atoms with Crippen LogP contribution in [0.15, 0.2) is 30.5 Å². The average Bonchev–Trinajstić information content (AvgIpc) is 2.60. The van der Waals surface area contributed by atoms with Gasteiger partial charge in [0.05, 0.1) is 15.6 Å². The molecule has 8 heteroatoms. The van der Waals surface area contributed by atoms with Crippen molar-refractivity contribution in [1.82, 2.24) is 4.98 Å². The summed E-state index contributed by atoms with van der Waals surface area (Å²) in [7, 11) is 3.80. The molecule has 1 amide bonds. The van der Waals surface area contributed by atoms with Crippen LogP contribution in [0.1, 0.15) is 15.9 Å². The molecule has 0 aliphatic carbocycles. The first kappa shape index (κ1) is 19.0. The molecule has 2 aromatic rings. The summed E-state index contributed by atoms with van der Waals surface area (Å²) in [5.74, 6) is -0.971. The zero-order valence-corrected chi connectivity index (χ0v) is 15.5. The SMILES string of the molecule is Cc1c(Cl)cnc(NC(=O)COC(=O)c2ccc(N(C)C)cc2)c1Cl. The summed E-state index contributed by atoms with van der Waals surface area (Å²) >= 11 is 12.0. The van der Waals surface area contributed by atoms with Crippen molar-refractivity contribution < 1.29 is 14.3 Å². The molecule has 0 fully saturated rings. The summed E-state index contributed by atoms with van der Waals surface area (Å²) in [5.41, 5.74) is 1.91. The third-order valence-corrected chi connectivity index (χ3v) is 4.26. The molecule has 6 nitrogen and oxygen atoms in total. The van der Waals surface area contributed by atoms with Gasteiger partial charge in [0, 0.05) is 26.0 Å². The number of aromatic nitrogens is 1. The minimum absolute atomic E-state index is 0.167. The Kier molecular flexibility index (Phi) is 6.22. The maximum Gasteiger partial charge on any atom is 0.338 e. The van der Waals surface area contributed by atoms with Gasteiger partial charge in [-0.25, -0.2) is 9.78 Å². The van der Waals surface area contributed by atoms with Crippen LogP contribution < -0.4 is 10.2 Å². The molecule has 0 unspecified atom stereocenters. The first-order chi connectivity index (χ1) is 11.8. The Morgan fingerprint density at radius 1 is 1.20 bits per heavy atom. The number of esters is 1. The van der Waals surface area contributed by atoms with E-state index in [2.05, 4.69) is 10.3 Å². The number of carbonyl (C=O) groups is 2.